The Morgan fingerprint density at radius 2 is 2.11 bits per heavy atom. The van der Waals surface area contributed by atoms with Crippen molar-refractivity contribution in [2.75, 3.05) is 19.7 Å². The first-order valence-electron chi connectivity index (χ1n) is 8.82. The molecule has 4 rings (SSSR count). The molecule has 0 aliphatic carbocycles. The maximum atomic E-state index is 12.7. The molecule has 2 aromatic heterocycles. The molecule has 0 radical (unpaired) electrons. The molecule has 2 unspecified atom stereocenters. The predicted octanol–water partition coefficient (Wildman–Crippen LogP) is 2.48. The lowest BCUT2D eigenvalue weighted by Crippen LogP contribution is -2.44. The molecule has 3 heterocycles. The van der Waals surface area contributed by atoms with E-state index in [4.69, 9.17) is 11.6 Å². The highest BCUT2D eigenvalue weighted by Gasteiger charge is 2.27. The molecule has 27 heavy (non-hydrogen) atoms. The number of hydrogen-bond acceptors (Lipinski definition) is 6. The first-order chi connectivity index (χ1) is 13.0. The lowest BCUT2D eigenvalue weighted by Gasteiger charge is -2.34. The predicted molar refractivity (Wildman–Crippen MR) is 107 cm³/mol. The highest BCUT2D eigenvalue weighted by atomic mass is 35.5. The Morgan fingerprint density at radius 3 is 2.81 bits per heavy atom. The van der Waals surface area contributed by atoms with Crippen LogP contribution in [0.5, 0.6) is 0 Å². The van der Waals surface area contributed by atoms with E-state index >= 15 is 0 Å². The van der Waals surface area contributed by atoms with Crippen LogP contribution in [0, 0.1) is 5.92 Å². The number of likely N-dealkylation sites (tertiary alicyclic amines) is 1. The van der Waals surface area contributed by atoms with E-state index < -0.39 is 6.10 Å². The molecular formula is C19H20ClN3O3S. The number of β-amino-alcohol motifs (C(OH)–C–C–N with tert-alkyl or cyclic N) is 1. The van der Waals surface area contributed by atoms with E-state index in [1.165, 1.54) is 11.3 Å². The first kappa shape index (κ1) is 18.6. The largest absolute Gasteiger partial charge is 0.396 e. The molecule has 1 aliphatic rings. The van der Waals surface area contributed by atoms with Crippen molar-refractivity contribution in [2.45, 2.75) is 19.1 Å². The Kier molecular flexibility index (Phi) is 5.29. The van der Waals surface area contributed by atoms with E-state index in [1.807, 2.05) is 17.5 Å². The summed E-state index contributed by atoms with van der Waals surface area (Å²) in [5, 5.41) is 22.5. The van der Waals surface area contributed by atoms with Gasteiger partial charge in [-0.15, -0.1) is 11.3 Å². The molecular weight excluding hydrogens is 386 g/mol. The number of hydrogen-bond donors (Lipinski definition) is 3. The molecule has 1 aromatic carbocycles. The van der Waals surface area contributed by atoms with Gasteiger partial charge in [-0.05, 0) is 30.7 Å². The lowest BCUT2D eigenvalue weighted by atomic mass is 9.95. The second kappa shape index (κ2) is 7.69. The molecule has 0 amide bonds. The third kappa shape index (κ3) is 3.79. The number of aliphatic hydroxyl groups is 2. The van der Waals surface area contributed by atoms with E-state index in [9.17, 15) is 15.0 Å². The van der Waals surface area contributed by atoms with Gasteiger partial charge >= 0.3 is 0 Å². The number of thiophene rings is 1. The van der Waals surface area contributed by atoms with Crippen LogP contribution in [0.1, 0.15) is 12.2 Å². The minimum Gasteiger partial charge on any atom is -0.396 e. The summed E-state index contributed by atoms with van der Waals surface area (Å²) < 4.78 is 0. The summed E-state index contributed by atoms with van der Waals surface area (Å²) in [6.07, 6.45) is 0.168. The van der Waals surface area contributed by atoms with Gasteiger partial charge < -0.3 is 15.2 Å². The van der Waals surface area contributed by atoms with Gasteiger partial charge in [0.2, 0.25) is 0 Å². The first-order valence-corrected chi connectivity index (χ1v) is 10.1. The van der Waals surface area contributed by atoms with Crippen LogP contribution in [0.2, 0.25) is 5.02 Å². The molecule has 3 N–H and O–H groups in total. The molecule has 8 heteroatoms. The summed E-state index contributed by atoms with van der Waals surface area (Å²) in [6.45, 7) is 1.69. The number of benzene rings is 1. The van der Waals surface area contributed by atoms with Gasteiger partial charge in [-0.1, -0.05) is 23.7 Å². The number of H-pyrrole nitrogens is 1. The average Bonchev–Trinajstić information content (AvgIpc) is 3.07. The van der Waals surface area contributed by atoms with Gasteiger partial charge in [0.05, 0.1) is 18.0 Å². The summed E-state index contributed by atoms with van der Waals surface area (Å²) >= 11 is 7.39. The summed E-state index contributed by atoms with van der Waals surface area (Å²) in [5.74, 6) is 0.515. The summed E-state index contributed by atoms with van der Waals surface area (Å²) in [5.41, 5.74) is 1.62. The third-order valence-electron chi connectivity index (χ3n) is 5.06. The highest BCUT2D eigenvalue weighted by molar-refractivity contribution is 7.17. The van der Waals surface area contributed by atoms with Crippen molar-refractivity contribution in [3.05, 3.63) is 50.8 Å². The zero-order valence-corrected chi connectivity index (χ0v) is 16.1. The fourth-order valence-electron chi connectivity index (χ4n) is 3.52. The monoisotopic (exact) mass is 405 g/mol. The van der Waals surface area contributed by atoms with Gasteiger partial charge in [0.1, 0.15) is 10.7 Å². The van der Waals surface area contributed by atoms with E-state index in [0.29, 0.717) is 34.2 Å². The molecule has 142 valence electrons. The second-order valence-corrected chi connectivity index (χ2v) is 8.18. The minimum atomic E-state index is -0.558. The second-order valence-electron chi connectivity index (χ2n) is 6.88. The average molecular weight is 406 g/mol. The standard InChI is InChI=1S/C19H20ClN3O3S/c20-13-3-1-11(2-4-13)14-10-27-19-17(14)18(26)21-16(22-19)8-23-6-5-12(9-24)15(25)7-23/h1-4,10,12,15,24-25H,5-9H2,(H,21,22,26). The molecule has 1 fully saturated rings. The van der Waals surface area contributed by atoms with Crippen LogP contribution in [-0.4, -0.2) is 50.9 Å². The van der Waals surface area contributed by atoms with Crippen LogP contribution >= 0.6 is 22.9 Å². The number of halogens is 1. The Labute approximate surface area is 165 Å². The Hall–Kier alpha value is -1.77. The van der Waals surface area contributed by atoms with E-state index in [-0.39, 0.29) is 18.1 Å². The van der Waals surface area contributed by atoms with E-state index in [2.05, 4.69) is 14.9 Å². The molecule has 0 saturated carbocycles. The smallest absolute Gasteiger partial charge is 0.260 e. The number of fused-ring (bicyclic) bond motifs is 1. The van der Waals surface area contributed by atoms with Gasteiger partial charge in [0.25, 0.3) is 5.56 Å². The quantitative estimate of drug-likeness (QED) is 0.620. The van der Waals surface area contributed by atoms with Crippen molar-refractivity contribution in [3.8, 4) is 11.1 Å². The fraction of sp³-hybridized carbons (Fsp3) is 0.368. The third-order valence-corrected chi connectivity index (χ3v) is 6.19. The SMILES string of the molecule is O=c1[nH]c(CN2CCC(CO)C(O)C2)nc2scc(-c3ccc(Cl)cc3)c12. The van der Waals surface area contributed by atoms with Crippen molar-refractivity contribution < 1.29 is 10.2 Å². The lowest BCUT2D eigenvalue weighted by molar-refractivity contribution is -0.00515. The summed E-state index contributed by atoms with van der Waals surface area (Å²) in [6, 6.07) is 7.39. The Bertz CT molecular complexity index is 1000. The van der Waals surface area contributed by atoms with Crippen LogP contribution in [0.15, 0.2) is 34.4 Å². The number of nitrogens with zero attached hydrogens (tertiary/aromatic N) is 2. The maximum Gasteiger partial charge on any atom is 0.260 e. The molecule has 1 saturated heterocycles. The van der Waals surface area contributed by atoms with Gasteiger partial charge in [-0.2, -0.15) is 0 Å². The molecule has 0 bridgehead atoms. The van der Waals surface area contributed by atoms with Crippen LogP contribution in [0.4, 0.5) is 0 Å². The highest BCUT2D eigenvalue weighted by Crippen LogP contribution is 2.31. The van der Waals surface area contributed by atoms with E-state index in [0.717, 1.165) is 24.1 Å². The molecule has 2 atom stereocenters. The summed E-state index contributed by atoms with van der Waals surface area (Å²) in [4.78, 5) is 23.0. The van der Waals surface area contributed by atoms with Crippen molar-refractivity contribution in [2.24, 2.45) is 5.92 Å². The molecule has 3 aromatic rings. The van der Waals surface area contributed by atoms with E-state index in [1.54, 1.807) is 12.1 Å². The van der Waals surface area contributed by atoms with Gasteiger partial charge in [0, 0.05) is 35.0 Å². The fourth-order valence-corrected chi connectivity index (χ4v) is 4.62. The summed E-state index contributed by atoms with van der Waals surface area (Å²) in [7, 11) is 0. The normalized spacial score (nSPS) is 21.0. The van der Waals surface area contributed by atoms with Crippen LogP contribution in [0.25, 0.3) is 21.3 Å². The number of rotatable bonds is 4. The molecule has 1 aliphatic heterocycles. The van der Waals surface area contributed by atoms with Crippen LogP contribution in [-0.2, 0) is 6.54 Å². The van der Waals surface area contributed by atoms with Crippen LogP contribution in [0.3, 0.4) is 0 Å². The zero-order valence-electron chi connectivity index (χ0n) is 14.6. The topological polar surface area (TPSA) is 89.5 Å². The van der Waals surface area contributed by atoms with Crippen molar-refractivity contribution in [1.82, 2.24) is 14.9 Å². The van der Waals surface area contributed by atoms with Gasteiger partial charge in [-0.25, -0.2) is 4.98 Å². The Morgan fingerprint density at radius 1 is 1.33 bits per heavy atom. The number of piperidine rings is 1. The molecule has 6 nitrogen and oxygen atoms in total. The van der Waals surface area contributed by atoms with Gasteiger partial charge in [-0.3, -0.25) is 9.69 Å². The minimum absolute atomic E-state index is 0.00127. The van der Waals surface area contributed by atoms with Crippen molar-refractivity contribution in [1.29, 1.82) is 0 Å². The zero-order chi connectivity index (χ0) is 19.0. The maximum absolute atomic E-state index is 12.7. The number of nitrogens with one attached hydrogen (secondary N) is 1. The molecule has 0 spiro atoms. The number of aromatic nitrogens is 2. The van der Waals surface area contributed by atoms with Crippen LogP contribution < -0.4 is 5.56 Å². The van der Waals surface area contributed by atoms with Crippen molar-refractivity contribution in [3.63, 3.8) is 0 Å². The number of aromatic amines is 1. The van der Waals surface area contributed by atoms with Gasteiger partial charge in [0.15, 0.2) is 0 Å². The number of aliphatic hydroxyl groups excluding tert-OH is 2. The van der Waals surface area contributed by atoms with Crippen molar-refractivity contribution >= 4 is 33.2 Å². The Balaban J connectivity index is 1.60.